The highest BCUT2D eigenvalue weighted by molar-refractivity contribution is 6.02. The number of anilines is 1. The Morgan fingerprint density at radius 1 is 1.00 bits per heavy atom. The number of hydrogen-bond acceptors (Lipinski definition) is 2. The first-order valence-electron chi connectivity index (χ1n) is 8.23. The smallest absolute Gasteiger partial charge is 0.252 e. The van der Waals surface area contributed by atoms with Gasteiger partial charge in [-0.15, -0.1) is 0 Å². The second-order valence-corrected chi connectivity index (χ2v) is 6.46. The standard InChI is InChI=1S/C20H23FN2O2/c1-12(2)18(23-19(24)16-8-6-5-7-13(16)3)20(25)22-17-10-9-15(21)11-14(17)4/h5-12,18H,1-4H3,(H,22,25)(H,23,24). The number of carbonyl (C=O) groups excluding carboxylic acids is 2. The van der Waals surface area contributed by atoms with Crippen molar-refractivity contribution in [1.29, 1.82) is 0 Å². The molecule has 0 aliphatic heterocycles. The van der Waals surface area contributed by atoms with Crippen LogP contribution in [0.1, 0.15) is 35.3 Å². The van der Waals surface area contributed by atoms with Crippen LogP contribution < -0.4 is 10.6 Å². The van der Waals surface area contributed by atoms with Gasteiger partial charge in [0.1, 0.15) is 11.9 Å². The molecular weight excluding hydrogens is 319 g/mol. The Labute approximate surface area is 147 Å². The third kappa shape index (κ3) is 4.66. The number of amides is 2. The summed E-state index contributed by atoms with van der Waals surface area (Å²) in [4.78, 5) is 25.1. The van der Waals surface area contributed by atoms with E-state index in [-0.39, 0.29) is 23.5 Å². The minimum absolute atomic E-state index is 0.103. The molecule has 1 atom stereocenters. The molecule has 0 radical (unpaired) electrons. The van der Waals surface area contributed by atoms with E-state index in [4.69, 9.17) is 0 Å². The van der Waals surface area contributed by atoms with E-state index in [0.29, 0.717) is 16.8 Å². The zero-order valence-electron chi connectivity index (χ0n) is 14.9. The summed E-state index contributed by atoms with van der Waals surface area (Å²) in [6, 6.07) is 10.7. The molecule has 0 saturated heterocycles. The molecule has 2 amide bonds. The first-order valence-corrected chi connectivity index (χ1v) is 8.23. The number of hydrogen-bond donors (Lipinski definition) is 2. The first kappa shape index (κ1) is 18.6. The van der Waals surface area contributed by atoms with E-state index < -0.39 is 6.04 Å². The number of benzene rings is 2. The fourth-order valence-electron chi connectivity index (χ4n) is 2.56. The topological polar surface area (TPSA) is 58.2 Å². The lowest BCUT2D eigenvalue weighted by Crippen LogP contribution is -2.47. The average Bonchev–Trinajstić information content (AvgIpc) is 2.55. The van der Waals surface area contributed by atoms with Gasteiger partial charge in [0.25, 0.3) is 5.91 Å². The number of nitrogens with one attached hydrogen (secondary N) is 2. The van der Waals surface area contributed by atoms with Gasteiger partial charge in [-0.3, -0.25) is 9.59 Å². The van der Waals surface area contributed by atoms with E-state index in [0.717, 1.165) is 5.56 Å². The molecule has 132 valence electrons. The Bertz CT molecular complexity index is 787. The summed E-state index contributed by atoms with van der Waals surface area (Å²) in [6.07, 6.45) is 0. The predicted octanol–water partition coefficient (Wildman–Crippen LogP) is 3.84. The van der Waals surface area contributed by atoms with Crippen LogP contribution in [-0.4, -0.2) is 17.9 Å². The normalized spacial score (nSPS) is 11.9. The molecule has 0 aliphatic carbocycles. The highest BCUT2D eigenvalue weighted by Gasteiger charge is 2.25. The van der Waals surface area contributed by atoms with E-state index >= 15 is 0 Å². The van der Waals surface area contributed by atoms with Crippen LogP contribution in [0.4, 0.5) is 10.1 Å². The summed E-state index contributed by atoms with van der Waals surface area (Å²) in [5, 5.41) is 5.57. The molecule has 0 bridgehead atoms. The fourth-order valence-corrected chi connectivity index (χ4v) is 2.56. The number of aryl methyl sites for hydroxylation is 2. The van der Waals surface area contributed by atoms with Crippen molar-refractivity contribution in [1.82, 2.24) is 5.32 Å². The maximum atomic E-state index is 13.2. The molecule has 2 aromatic rings. The molecule has 2 rings (SSSR count). The second kappa shape index (κ2) is 7.92. The van der Waals surface area contributed by atoms with Crippen molar-refractivity contribution in [3.05, 3.63) is 65.0 Å². The molecule has 0 fully saturated rings. The summed E-state index contributed by atoms with van der Waals surface area (Å²) in [6.45, 7) is 7.29. The number of carbonyl (C=O) groups is 2. The maximum absolute atomic E-state index is 13.2. The van der Waals surface area contributed by atoms with Crippen molar-refractivity contribution in [3.8, 4) is 0 Å². The highest BCUT2D eigenvalue weighted by atomic mass is 19.1. The van der Waals surface area contributed by atoms with E-state index in [9.17, 15) is 14.0 Å². The van der Waals surface area contributed by atoms with Gasteiger partial charge in [-0.1, -0.05) is 32.0 Å². The van der Waals surface area contributed by atoms with E-state index in [1.165, 1.54) is 18.2 Å². The lowest BCUT2D eigenvalue weighted by Gasteiger charge is -2.22. The summed E-state index contributed by atoms with van der Waals surface area (Å²) < 4.78 is 13.2. The molecule has 0 saturated carbocycles. The third-order valence-electron chi connectivity index (χ3n) is 4.07. The van der Waals surface area contributed by atoms with Crippen molar-refractivity contribution in [2.75, 3.05) is 5.32 Å². The van der Waals surface area contributed by atoms with Gasteiger partial charge < -0.3 is 10.6 Å². The minimum atomic E-state index is -0.698. The summed E-state index contributed by atoms with van der Waals surface area (Å²) in [7, 11) is 0. The maximum Gasteiger partial charge on any atom is 0.252 e. The summed E-state index contributed by atoms with van der Waals surface area (Å²) in [5.74, 6) is -1.08. The average molecular weight is 342 g/mol. The van der Waals surface area contributed by atoms with Crippen molar-refractivity contribution >= 4 is 17.5 Å². The van der Waals surface area contributed by atoms with Gasteiger partial charge in [0.05, 0.1) is 0 Å². The van der Waals surface area contributed by atoms with Crippen LogP contribution in [0.3, 0.4) is 0 Å². The van der Waals surface area contributed by atoms with Gasteiger partial charge >= 0.3 is 0 Å². The second-order valence-electron chi connectivity index (χ2n) is 6.46. The Balaban J connectivity index is 2.16. The Morgan fingerprint density at radius 3 is 2.28 bits per heavy atom. The molecule has 25 heavy (non-hydrogen) atoms. The minimum Gasteiger partial charge on any atom is -0.340 e. The van der Waals surface area contributed by atoms with Gasteiger partial charge in [0.2, 0.25) is 5.91 Å². The molecule has 1 unspecified atom stereocenters. The fraction of sp³-hybridized carbons (Fsp3) is 0.300. The van der Waals surface area contributed by atoms with Crippen LogP contribution in [-0.2, 0) is 4.79 Å². The van der Waals surface area contributed by atoms with Crippen LogP contribution in [0.2, 0.25) is 0 Å². The SMILES string of the molecule is Cc1cc(F)ccc1NC(=O)C(NC(=O)c1ccccc1C)C(C)C. The van der Waals surface area contributed by atoms with E-state index in [2.05, 4.69) is 10.6 Å². The van der Waals surface area contributed by atoms with Gasteiger partial charge in [-0.25, -0.2) is 4.39 Å². The Hall–Kier alpha value is -2.69. The third-order valence-corrected chi connectivity index (χ3v) is 4.07. The molecule has 2 aromatic carbocycles. The van der Waals surface area contributed by atoms with Crippen LogP contribution in [0.5, 0.6) is 0 Å². The van der Waals surface area contributed by atoms with Crippen LogP contribution in [0, 0.1) is 25.6 Å². The molecule has 4 nitrogen and oxygen atoms in total. The molecular formula is C20H23FN2O2. The highest BCUT2D eigenvalue weighted by Crippen LogP contribution is 2.17. The summed E-state index contributed by atoms with van der Waals surface area (Å²) in [5.41, 5.74) is 2.54. The van der Waals surface area contributed by atoms with Crippen LogP contribution in [0.15, 0.2) is 42.5 Å². The van der Waals surface area contributed by atoms with E-state index in [1.807, 2.05) is 32.9 Å². The van der Waals surface area contributed by atoms with Gasteiger partial charge in [-0.2, -0.15) is 0 Å². The molecule has 0 aliphatic rings. The number of rotatable bonds is 5. The van der Waals surface area contributed by atoms with Crippen molar-refractivity contribution in [2.45, 2.75) is 33.7 Å². The molecule has 5 heteroatoms. The lowest BCUT2D eigenvalue weighted by molar-refractivity contribution is -0.118. The summed E-state index contributed by atoms with van der Waals surface area (Å²) >= 11 is 0. The zero-order valence-corrected chi connectivity index (χ0v) is 14.9. The predicted molar refractivity (Wildman–Crippen MR) is 97.0 cm³/mol. The first-order chi connectivity index (χ1) is 11.8. The Morgan fingerprint density at radius 2 is 1.68 bits per heavy atom. The van der Waals surface area contributed by atoms with Gasteiger partial charge in [0, 0.05) is 11.3 Å². The van der Waals surface area contributed by atoms with Crippen molar-refractivity contribution < 1.29 is 14.0 Å². The van der Waals surface area contributed by atoms with Crippen LogP contribution in [0.25, 0.3) is 0 Å². The lowest BCUT2D eigenvalue weighted by atomic mass is 10.0. The van der Waals surface area contributed by atoms with Crippen molar-refractivity contribution in [3.63, 3.8) is 0 Å². The molecule has 2 N–H and O–H groups in total. The zero-order chi connectivity index (χ0) is 18.6. The quantitative estimate of drug-likeness (QED) is 0.867. The molecule has 0 heterocycles. The van der Waals surface area contributed by atoms with Gasteiger partial charge in [-0.05, 0) is 55.2 Å². The van der Waals surface area contributed by atoms with Gasteiger partial charge in [0.15, 0.2) is 0 Å². The largest absolute Gasteiger partial charge is 0.340 e. The molecule has 0 spiro atoms. The van der Waals surface area contributed by atoms with Crippen LogP contribution >= 0.6 is 0 Å². The monoisotopic (exact) mass is 342 g/mol. The van der Waals surface area contributed by atoms with E-state index in [1.54, 1.807) is 19.1 Å². The molecule has 0 aromatic heterocycles. The number of halogens is 1. The van der Waals surface area contributed by atoms with Crippen molar-refractivity contribution in [2.24, 2.45) is 5.92 Å². The Kier molecular flexibility index (Phi) is 5.91.